The second kappa shape index (κ2) is 9.71. The van der Waals surface area contributed by atoms with Crippen molar-refractivity contribution < 1.29 is 22.4 Å². The summed E-state index contributed by atoms with van der Waals surface area (Å²) in [6.45, 7) is 2.63. The molecule has 0 aliphatic heterocycles. The molecule has 0 bridgehead atoms. The highest BCUT2D eigenvalue weighted by Gasteiger charge is 2.30. The lowest BCUT2D eigenvalue weighted by Crippen LogP contribution is -2.50. The number of anilines is 1. The summed E-state index contributed by atoms with van der Waals surface area (Å²) in [5.41, 5.74) is 1.39. The molecule has 2 aromatic rings. The van der Waals surface area contributed by atoms with E-state index in [0.29, 0.717) is 5.69 Å². The molecule has 1 atom stereocenters. The number of nitrogens with zero attached hydrogens (tertiary/aromatic N) is 2. The van der Waals surface area contributed by atoms with Gasteiger partial charge in [-0.2, -0.15) is 0 Å². The Balaban J connectivity index is 2.40. The SMILES string of the molecule is CNC(=O)C(C)N(Cc1ccccc1F)C(=O)CN(c1cccc(C)c1)S(C)(=O)=O. The number of amides is 2. The molecule has 0 radical (unpaired) electrons. The maximum absolute atomic E-state index is 14.2. The van der Waals surface area contributed by atoms with Crippen LogP contribution in [0.4, 0.5) is 10.1 Å². The third kappa shape index (κ3) is 5.79. The van der Waals surface area contributed by atoms with Crippen LogP contribution in [-0.2, 0) is 26.2 Å². The predicted molar refractivity (Wildman–Crippen MR) is 114 cm³/mol. The number of carbonyl (C=O) groups is 2. The minimum absolute atomic E-state index is 0.175. The lowest BCUT2D eigenvalue weighted by atomic mass is 10.1. The molecule has 0 aliphatic rings. The van der Waals surface area contributed by atoms with Gasteiger partial charge in [0.1, 0.15) is 18.4 Å². The van der Waals surface area contributed by atoms with Gasteiger partial charge in [-0.3, -0.25) is 13.9 Å². The first-order valence-electron chi connectivity index (χ1n) is 9.33. The maximum atomic E-state index is 14.2. The Morgan fingerprint density at radius 2 is 1.80 bits per heavy atom. The van der Waals surface area contributed by atoms with Gasteiger partial charge in [0, 0.05) is 19.2 Å². The van der Waals surface area contributed by atoms with E-state index in [0.717, 1.165) is 16.1 Å². The summed E-state index contributed by atoms with van der Waals surface area (Å²) in [6.07, 6.45) is 1.01. The van der Waals surface area contributed by atoms with Gasteiger partial charge in [0.15, 0.2) is 0 Å². The van der Waals surface area contributed by atoms with Crippen molar-refractivity contribution in [3.05, 3.63) is 65.5 Å². The first-order valence-corrected chi connectivity index (χ1v) is 11.2. The van der Waals surface area contributed by atoms with Gasteiger partial charge in [-0.05, 0) is 37.6 Å². The molecule has 1 unspecified atom stereocenters. The van der Waals surface area contributed by atoms with Gasteiger partial charge in [0.25, 0.3) is 0 Å². The van der Waals surface area contributed by atoms with E-state index in [2.05, 4.69) is 5.32 Å². The van der Waals surface area contributed by atoms with Gasteiger partial charge in [-0.1, -0.05) is 30.3 Å². The van der Waals surface area contributed by atoms with E-state index >= 15 is 0 Å². The highest BCUT2D eigenvalue weighted by atomic mass is 32.2. The smallest absolute Gasteiger partial charge is 0.244 e. The molecule has 0 aliphatic carbocycles. The maximum Gasteiger partial charge on any atom is 0.244 e. The van der Waals surface area contributed by atoms with Crippen LogP contribution in [0, 0.1) is 12.7 Å². The molecular formula is C21H26FN3O4S. The van der Waals surface area contributed by atoms with E-state index in [1.807, 2.05) is 13.0 Å². The summed E-state index contributed by atoms with van der Waals surface area (Å²) in [4.78, 5) is 26.5. The average Bonchev–Trinajstić information content (AvgIpc) is 2.69. The zero-order valence-electron chi connectivity index (χ0n) is 17.4. The molecule has 0 saturated carbocycles. The van der Waals surface area contributed by atoms with Gasteiger partial charge in [0.2, 0.25) is 21.8 Å². The van der Waals surface area contributed by atoms with Crippen LogP contribution >= 0.6 is 0 Å². The molecule has 2 amide bonds. The van der Waals surface area contributed by atoms with Crippen LogP contribution in [0.5, 0.6) is 0 Å². The van der Waals surface area contributed by atoms with Crippen molar-refractivity contribution in [3.8, 4) is 0 Å². The summed E-state index contributed by atoms with van der Waals surface area (Å²) >= 11 is 0. The second-order valence-electron chi connectivity index (χ2n) is 7.01. The molecule has 7 nitrogen and oxygen atoms in total. The van der Waals surface area contributed by atoms with Crippen molar-refractivity contribution in [2.24, 2.45) is 0 Å². The molecule has 0 spiro atoms. The van der Waals surface area contributed by atoms with Crippen LogP contribution in [0.2, 0.25) is 0 Å². The van der Waals surface area contributed by atoms with Crippen molar-refractivity contribution in [1.82, 2.24) is 10.2 Å². The summed E-state index contributed by atoms with van der Waals surface area (Å²) in [7, 11) is -2.35. The molecule has 1 N–H and O–H groups in total. The minimum Gasteiger partial charge on any atom is -0.357 e. The number of hydrogen-bond donors (Lipinski definition) is 1. The van der Waals surface area contributed by atoms with Gasteiger partial charge in [-0.15, -0.1) is 0 Å². The molecular weight excluding hydrogens is 409 g/mol. The van der Waals surface area contributed by atoms with Crippen LogP contribution in [0.1, 0.15) is 18.1 Å². The lowest BCUT2D eigenvalue weighted by molar-refractivity contribution is -0.139. The molecule has 0 saturated heterocycles. The topological polar surface area (TPSA) is 86.8 Å². The average molecular weight is 436 g/mol. The van der Waals surface area contributed by atoms with Gasteiger partial charge < -0.3 is 10.2 Å². The number of aryl methyl sites for hydroxylation is 1. The number of carbonyl (C=O) groups excluding carboxylic acids is 2. The molecule has 0 heterocycles. The zero-order valence-corrected chi connectivity index (χ0v) is 18.2. The second-order valence-corrected chi connectivity index (χ2v) is 8.92. The number of halogens is 1. The van der Waals surface area contributed by atoms with Crippen molar-refractivity contribution in [1.29, 1.82) is 0 Å². The fourth-order valence-corrected chi connectivity index (χ4v) is 3.84. The van der Waals surface area contributed by atoms with Crippen molar-refractivity contribution >= 4 is 27.5 Å². The molecule has 2 rings (SSSR count). The van der Waals surface area contributed by atoms with E-state index in [4.69, 9.17) is 0 Å². The van der Waals surface area contributed by atoms with Crippen molar-refractivity contribution in [2.45, 2.75) is 26.4 Å². The van der Waals surface area contributed by atoms with E-state index < -0.39 is 40.2 Å². The van der Waals surface area contributed by atoms with Crippen LogP contribution in [0.25, 0.3) is 0 Å². The van der Waals surface area contributed by atoms with Crippen LogP contribution in [-0.4, -0.2) is 51.0 Å². The minimum atomic E-state index is -3.78. The summed E-state index contributed by atoms with van der Waals surface area (Å²) in [6, 6.07) is 11.7. The first-order chi connectivity index (χ1) is 14.0. The van der Waals surface area contributed by atoms with Crippen molar-refractivity contribution in [2.75, 3.05) is 24.2 Å². The fraction of sp³-hybridized carbons (Fsp3) is 0.333. The Hall–Kier alpha value is -2.94. The monoisotopic (exact) mass is 435 g/mol. The van der Waals surface area contributed by atoms with E-state index in [9.17, 15) is 22.4 Å². The number of rotatable bonds is 8. The Labute approximate surface area is 176 Å². The number of sulfonamides is 1. The Morgan fingerprint density at radius 3 is 2.37 bits per heavy atom. The van der Waals surface area contributed by atoms with Crippen LogP contribution < -0.4 is 9.62 Å². The summed E-state index contributed by atoms with van der Waals surface area (Å²) < 4.78 is 39.9. The van der Waals surface area contributed by atoms with Gasteiger partial charge >= 0.3 is 0 Å². The highest BCUT2D eigenvalue weighted by Crippen LogP contribution is 2.20. The zero-order chi connectivity index (χ0) is 22.5. The molecule has 0 fully saturated rings. The Morgan fingerprint density at radius 1 is 1.13 bits per heavy atom. The fourth-order valence-electron chi connectivity index (χ4n) is 3.00. The number of benzene rings is 2. The lowest BCUT2D eigenvalue weighted by Gasteiger charge is -2.31. The number of hydrogen-bond acceptors (Lipinski definition) is 4. The molecule has 162 valence electrons. The molecule has 30 heavy (non-hydrogen) atoms. The molecule has 0 aromatic heterocycles. The van der Waals surface area contributed by atoms with Gasteiger partial charge in [-0.25, -0.2) is 12.8 Å². The molecule has 2 aromatic carbocycles. The summed E-state index contributed by atoms with van der Waals surface area (Å²) in [5, 5.41) is 2.46. The Bertz CT molecular complexity index is 1030. The predicted octanol–water partition coefficient (Wildman–Crippen LogP) is 2.06. The van der Waals surface area contributed by atoms with Crippen LogP contribution in [0.3, 0.4) is 0 Å². The third-order valence-corrected chi connectivity index (χ3v) is 5.82. The van der Waals surface area contributed by atoms with Gasteiger partial charge in [0.05, 0.1) is 11.9 Å². The normalized spacial score (nSPS) is 12.2. The molecule has 9 heteroatoms. The standard InChI is InChI=1S/C21H26FN3O4S/c1-15-8-7-10-18(12-15)25(30(4,28)29)14-20(26)24(16(2)21(27)23-3)13-17-9-5-6-11-19(17)22/h5-12,16H,13-14H2,1-4H3,(H,23,27). The van der Waals surface area contributed by atoms with E-state index in [1.165, 1.54) is 37.1 Å². The first kappa shape index (κ1) is 23.3. The van der Waals surface area contributed by atoms with Crippen molar-refractivity contribution in [3.63, 3.8) is 0 Å². The largest absolute Gasteiger partial charge is 0.357 e. The van der Waals surface area contributed by atoms with Crippen LogP contribution in [0.15, 0.2) is 48.5 Å². The van der Waals surface area contributed by atoms with E-state index in [1.54, 1.807) is 24.3 Å². The third-order valence-electron chi connectivity index (χ3n) is 4.68. The Kier molecular flexibility index (Phi) is 7.55. The number of nitrogens with one attached hydrogen (secondary N) is 1. The number of likely N-dealkylation sites (N-methyl/N-ethyl adjacent to an activating group) is 1. The quantitative estimate of drug-likeness (QED) is 0.688. The summed E-state index contributed by atoms with van der Waals surface area (Å²) in [5.74, 6) is -1.58. The highest BCUT2D eigenvalue weighted by molar-refractivity contribution is 7.92. The van der Waals surface area contributed by atoms with E-state index in [-0.39, 0.29) is 12.1 Å².